The van der Waals surface area contributed by atoms with Gasteiger partial charge in [-0.05, 0) is 18.2 Å². The van der Waals surface area contributed by atoms with E-state index in [-0.39, 0.29) is 0 Å². The molecule has 184 valence electrons. The molecule has 4 aromatic rings. The van der Waals surface area contributed by atoms with Gasteiger partial charge in [0.05, 0.1) is 5.69 Å². The number of benzene rings is 2. The summed E-state index contributed by atoms with van der Waals surface area (Å²) in [5, 5.41) is 7.18. The zero-order valence-corrected chi connectivity index (χ0v) is 23.4. The minimum Gasteiger partial charge on any atom is -0.245 e. The van der Waals surface area contributed by atoms with Crippen LogP contribution >= 0.6 is 11.3 Å². The van der Waals surface area contributed by atoms with E-state index in [9.17, 15) is 0 Å². The number of aromatic nitrogens is 3. The Hall–Kier alpha value is -2.72. The maximum Gasteiger partial charge on any atom is 0.123 e. The molecule has 2 aromatic heterocycles. The monoisotopic (exact) mass is 469 g/mol. The van der Waals surface area contributed by atoms with Crippen molar-refractivity contribution in [1.29, 1.82) is 0 Å². The van der Waals surface area contributed by atoms with Gasteiger partial charge >= 0.3 is 0 Å². The Morgan fingerprint density at radius 1 is 0.667 bits per heavy atom. The summed E-state index contributed by atoms with van der Waals surface area (Å²) in [6, 6.07) is 22.1. The molecule has 0 N–H and O–H groups in total. The second kappa shape index (κ2) is 29.3. The lowest BCUT2D eigenvalue weighted by Gasteiger charge is -1.97. The first-order valence-electron chi connectivity index (χ1n) is 12.3. The molecule has 0 radical (unpaired) electrons. The van der Waals surface area contributed by atoms with E-state index in [1.807, 2.05) is 132 Å². The van der Waals surface area contributed by atoms with E-state index in [4.69, 9.17) is 0 Å². The predicted octanol–water partition coefficient (Wildman–Crippen LogP) is 10.2. The molecule has 0 aliphatic carbocycles. The summed E-state index contributed by atoms with van der Waals surface area (Å²) >= 11 is 1.66. The molecular formula is C29H47N3S. The third kappa shape index (κ3) is 17.5. The Labute approximate surface area is 208 Å². The van der Waals surface area contributed by atoms with Gasteiger partial charge in [0, 0.05) is 29.5 Å². The fraction of sp³-hybridized carbons (Fsp3) is 0.379. The summed E-state index contributed by atoms with van der Waals surface area (Å²) in [6.45, 7) is 20.2. The zero-order valence-electron chi connectivity index (χ0n) is 22.6. The molecule has 0 spiro atoms. The van der Waals surface area contributed by atoms with Gasteiger partial charge in [0.25, 0.3) is 0 Å². The third-order valence-corrected chi connectivity index (χ3v) is 3.80. The van der Waals surface area contributed by atoms with Gasteiger partial charge in [-0.15, -0.1) is 11.3 Å². The number of rotatable bonds is 2. The summed E-state index contributed by atoms with van der Waals surface area (Å²) in [5.74, 6) is 0. The van der Waals surface area contributed by atoms with Gasteiger partial charge in [-0.1, -0.05) is 124 Å². The van der Waals surface area contributed by atoms with Crippen molar-refractivity contribution in [3.8, 4) is 16.3 Å². The Morgan fingerprint density at radius 2 is 1.15 bits per heavy atom. The van der Waals surface area contributed by atoms with Crippen LogP contribution < -0.4 is 0 Å². The summed E-state index contributed by atoms with van der Waals surface area (Å²) in [5.41, 5.74) is 2.29. The summed E-state index contributed by atoms with van der Waals surface area (Å²) in [4.78, 5) is 4.20. The molecule has 2 aromatic carbocycles. The van der Waals surface area contributed by atoms with Crippen LogP contribution in [0.25, 0.3) is 16.3 Å². The van der Waals surface area contributed by atoms with Crippen molar-refractivity contribution in [2.24, 2.45) is 0 Å². The topological polar surface area (TPSA) is 30.7 Å². The first-order valence-corrected chi connectivity index (χ1v) is 13.2. The second-order valence-electron chi connectivity index (χ2n) is 5.20. The quantitative estimate of drug-likeness (QED) is 0.292. The SMILES string of the molecule is CC.CC.CC.CC.CCC.c1ccc(-c2nccs2)cc1.c1ccc(-n2cccn2)cc1. The van der Waals surface area contributed by atoms with Crippen LogP contribution in [-0.2, 0) is 0 Å². The molecule has 0 unspecified atom stereocenters. The highest BCUT2D eigenvalue weighted by Gasteiger charge is 1.96. The normalized spacial score (nSPS) is 7.82. The van der Waals surface area contributed by atoms with Gasteiger partial charge in [0.1, 0.15) is 5.01 Å². The van der Waals surface area contributed by atoms with Crippen LogP contribution in [0.3, 0.4) is 0 Å². The van der Waals surface area contributed by atoms with E-state index in [2.05, 4.69) is 36.1 Å². The lowest BCUT2D eigenvalue weighted by Crippen LogP contribution is -1.91. The number of hydrogen-bond donors (Lipinski definition) is 0. The van der Waals surface area contributed by atoms with E-state index in [0.717, 1.165) is 10.7 Å². The standard InChI is InChI=1S/C9H8N2.C9H7NS.C3H8.4C2H6/c1-2-5-9(6-3-1)11-8-4-7-10-11;1-2-4-8(5-3-1)9-10-6-7-11-9;1-3-2;4*1-2/h1-8H;1-7H;3H2,1-2H3;4*1-2H3. The number of thiazole rings is 1. The summed E-state index contributed by atoms with van der Waals surface area (Å²) < 4.78 is 1.83. The smallest absolute Gasteiger partial charge is 0.123 e. The van der Waals surface area contributed by atoms with Gasteiger partial charge in [0.2, 0.25) is 0 Å². The van der Waals surface area contributed by atoms with E-state index in [0.29, 0.717) is 0 Å². The largest absolute Gasteiger partial charge is 0.245 e. The third-order valence-electron chi connectivity index (χ3n) is 2.98. The van der Waals surface area contributed by atoms with Crippen molar-refractivity contribution < 1.29 is 0 Å². The highest BCUT2D eigenvalue weighted by atomic mass is 32.1. The number of para-hydroxylation sites is 1. The molecule has 0 aliphatic heterocycles. The predicted molar refractivity (Wildman–Crippen MR) is 152 cm³/mol. The summed E-state index contributed by atoms with van der Waals surface area (Å²) in [7, 11) is 0. The Morgan fingerprint density at radius 3 is 1.55 bits per heavy atom. The van der Waals surface area contributed by atoms with Crippen molar-refractivity contribution in [1.82, 2.24) is 14.8 Å². The van der Waals surface area contributed by atoms with Crippen LogP contribution in [0.5, 0.6) is 0 Å². The van der Waals surface area contributed by atoms with Crippen molar-refractivity contribution in [3.05, 3.63) is 90.7 Å². The molecule has 4 heteroatoms. The number of hydrogen-bond acceptors (Lipinski definition) is 3. The highest BCUT2D eigenvalue weighted by Crippen LogP contribution is 2.20. The van der Waals surface area contributed by atoms with Gasteiger partial charge in [-0.3, -0.25) is 0 Å². The molecule has 33 heavy (non-hydrogen) atoms. The van der Waals surface area contributed by atoms with Crippen LogP contribution in [0, 0.1) is 0 Å². The molecule has 0 aliphatic rings. The molecule has 0 atom stereocenters. The Balaban J connectivity index is -0.000000386. The van der Waals surface area contributed by atoms with Crippen molar-refractivity contribution in [2.45, 2.75) is 75.7 Å². The van der Waals surface area contributed by atoms with Crippen LogP contribution in [0.2, 0.25) is 0 Å². The Bertz CT molecular complexity index is 712. The Kier molecular flexibility index (Phi) is 31.0. The fourth-order valence-electron chi connectivity index (χ4n) is 1.95. The molecule has 0 amide bonds. The molecule has 4 rings (SSSR count). The lowest BCUT2D eigenvalue weighted by atomic mass is 10.2. The van der Waals surface area contributed by atoms with E-state index >= 15 is 0 Å². The minimum atomic E-state index is 1.09. The summed E-state index contributed by atoms with van der Waals surface area (Å²) in [6.07, 6.45) is 6.77. The van der Waals surface area contributed by atoms with Crippen LogP contribution in [0.4, 0.5) is 0 Å². The molecule has 0 bridgehead atoms. The van der Waals surface area contributed by atoms with E-state index in [1.54, 1.807) is 17.5 Å². The minimum absolute atomic E-state index is 1.09. The highest BCUT2D eigenvalue weighted by molar-refractivity contribution is 7.13. The second-order valence-corrected chi connectivity index (χ2v) is 6.09. The fourth-order valence-corrected chi connectivity index (χ4v) is 2.59. The van der Waals surface area contributed by atoms with E-state index in [1.165, 1.54) is 12.0 Å². The van der Waals surface area contributed by atoms with Crippen molar-refractivity contribution in [3.63, 3.8) is 0 Å². The van der Waals surface area contributed by atoms with Gasteiger partial charge in [-0.2, -0.15) is 5.10 Å². The van der Waals surface area contributed by atoms with Crippen LogP contribution in [0.1, 0.15) is 75.7 Å². The molecule has 0 fully saturated rings. The molecule has 2 heterocycles. The molecule has 0 saturated carbocycles. The molecule has 0 saturated heterocycles. The average molecular weight is 470 g/mol. The van der Waals surface area contributed by atoms with Crippen molar-refractivity contribution >= 4 is 11.3 Å². The van der Waals surface area contributed by atoms with Crippen LogP contribution in [0.15, 0.2) is 90.7 Å². The van der Waals surface area contributed by atoms with Crippen LogP contribution in [-0.4, -0.2) is 14.8 Å². The molecule has 3 nitrogen and oxygen atoms in total. The van der Waals surface area contributed by atoms with E-state index < -0.39 is 0 Å². The van der Waals surface area contributed by atoms with Gasteiger partial charge in [-0.25, -0.2) is 9.67 Å². The van der Waals surface area contributed by atoms with Crippen molar-refractivity contribution in [2.75, 3.05) is 0 Å². The molecular weight excluding hydrogens is 422 g/mol. The number of nitrogens with zero attached hydrogens (tertiary/aromatic N) is 3. The first kappa shape index (κ1) is 34.9. The zero-order chi connectivity index (χ0) is 25.7. The lowest BCUT2D eigenvalue weighted by molar-refractivity contribution is 0.880. The maximum atomic E-state index is 4.20. The van der Waals surface area contributed by atoms with Gasteiger partial charge in [0.15, 0.2) is 0 Å². The maximum absolute atomic E-state index is 4.20. The average Bonchev–Trinajstić information content (AvgIpc) is 3.66. The van der Waals surface area contributed by atoms with Gasteiger partial charge < -0.3 is 0 Å². The first-order chi connectivity index (χ1) is 16.3.